The SMILES string of the molecule is Cc1c(N)cnn1C1CCOC1. The Balaban J connectivity index is 2.26. The van der Waals surface area contributed by atoms with Crippen molar-refractivity contribution in [1.82, 2.24) is 9.78 Å². The number of hydrogen-bond acceptors (Lipinski definition) is 3. The third kappa shape index (κ3) is 1.08. The van der Waals surface area contributed by atoms with Crippen LogP contribution in [0.2, 0.25) is 0 Å². The second-order valence-electron chi connectivity index (χ2n) is 3.15. The van der Waals surface area contributed by atoms with Crippen LogP contribution in [0, 0.1) is 6.92 Å². The molecular formula is C8H13N3O. The zero-order valence-electron chi connectivity index (χ0n) is 7.16. The van der Waals surface area contributed by atoms with Gasteiger partial charge in [-0.05, 0) is 13.3 Å². The summed E-state index contributed by atoms with van der Waals surface area (Å²) >= 11 is 0. The van der Waals surface area contributed by atoms with Gasteiger partial charge >= 0.3 is 0 Å². The van der Waals surface area contributed by atoms with E-state index in [0.717, 1.165) is 31.0 Å². The molecule has 0 amide bonds. The highest BCUT2D eigenvalue weighted by Gasteiger charge is 2.19. The maximum atomic E-state index is 5.68. The summed E-state index contributed by atoms with van der Waals surface area (Å²) in [6.07, 6.45) is 2.75. The lowest BCUT2D eigenvalue weighted by molar-refractivity contribution is 0.184. The fraction of sp³-hybridized carbons (Fsp3) is 0.625. The van der Waals surface area contributed by atoms with Crippen molar-refractivity contribution in [2.45, 2.75) is 19.4 Å². The first-order chi connectivity index (χ1) is 5.79. The predicted octanol–water partition coefficient (Wildman–Crippen LogP) is 0.735. The van der Waals surface area contributed by atoms with Crippen LogP contribution in [0.25, 0.3) is 0 Å². The lowest BCUT2D eigenvalue weighted by atomic mass is 10.2. The first-order valence-electron chi connectivity index (χ1n) is 4.16. The van der Waals surface area contributed by atoms with E-state index >= 15 is 0 Å². The molecule has 0 saturated carbocycles. The van der Waals surface area contributed by atoms with Gasteiger partial charge in [0.25, 0.3) is 0 Å². The molecule has 2 rings (SSSR count). The summed E-state index contributed by atoms with van der Waals surface area (Å²) in [5, 5.41) is 4.21. The molecule has 0 spiro atoms. The van der Waals surface area contributed by atoms with Gasteiger partial charge in [-0.25, -0.2) is 0 Å². The summed E-state index contributed by atoms with van der Waals surface area (Å²) in [7, 11) is 0. The second kappa shape index (κ2) is 2.79. The van der Waals surface area contributed by atoms with E-state index in [9.17, 15) is 0 Å². The summed E-state index contributed by atoms with van der Waals surface area (Å²) in [6.45, 7) is 3.59. The highest BCUT2D eigenvalue weighted by atomic mass is 16.5. The highest BCUT2D eigenvalue weighted by Crippen LogP contribution is 2.21. The number of nitrogen functional groups attached to an aromatic ring is 1. The number of ether oxygens (including phenoxy) is 1. The zero-order chi connectivity index (χ0) is 8.55. The number of rotatable bonds is 1. The summed E-state index contributed by atoms with van der Waals surface area (Å²) in [5.41, 5.74) is 7.50. The molecule has 1 aromatic heterocycles. The van der Waals surface area contributed by atoms with E-state index < -0.39 is 0 Å². The molecule has 0 aromatic carbocycles. The van der Waals surface area contributed by atoms with Crippen LogP contribution >= 0.6 is 0 Å². The molecule has 66 valence electrons. The Bertz CT molecular complexity index is 276. The first kappa shape index (κ1) is 7.61. The van der Waals surface area contributed by atoms with Gasteiger partial charge in [-0.3, -0.25) is 4.68 Å². The van der Waals surface area contributed by atoms with Crippen LogP contribution in [0.1, 0.15) is 18.2 Å². The molecule has 1 unspecified atom stereocenters. The molecular weight excluding hydrogens is 154 g/mol. The molecule has 0 aliphatic carbocycles. The number of aromatic nitrogens is 2. The van der Waals surface area contributed by atoms with Gasteiger partial charge in [0, 0.05) is 6.61 Å². The van der Waals surface area contributed by atoms with E-state index in [1.165, 1.54) is 0 Å². The largest absolute Gasteiger partial charge is 0.396 e. The predicted molar refractivity (Wildman–Crippen MR) is 45.8 cm³/mol. The monoisotopic (exact) mass is 167 g/mol. The maximum absolute atomic E-state index is 5.68. The van der Waals surface area contributed by atoms with E-state index in [-0.39, 0.29) is 0 Å². The van der Waals surface area contributed by atoms with Crippen molar-refractivity contribution in [2.24, 2.45) is 0 Å². The summed E-state index contributed by atoms with van der Waals surface area (Å²) in [5.74, 6) is 0. The Morgan fingerprint density at radius 1 is 1.75 bits per heavy atom. The highest BCUT2D eigenvalue weighted by molar-refractivity contribution is 5.39. The lowest BCUT2D eigenvalue weighted by Gasteiger charge is -2.10. The van der Waals surface area contributed by atoms with E-state index in [1.807, 2.05) is 11.6 Å². The van der Waals surface area contributed by atoms with Crippen molar-refractivity contribution in [3.63, 3.8) is 0 Å². The average molecular weight is 167 g/mol. The Morgan fingerprint density at radius 2 is 2.58 bits per heavy atom. The van der Waals surface area contributed by atoms with Crippen LogP contribution in [0.15, 0.2) is 6.20 Å². The molecule has 1 aliphatic heterocycles. The summed E-state index contributed by atoms with van der Waals surface area (Å²) < 4.78 is 7.23. The summed E-state index contributed by atoms with van der Waals surface area (Å²) in [4.78, 5) is 0. The minimum absolute atomic E-state index is 0.391. The van der Waals surface area contributed by atoms with Crippen LogP contribution in [0.5, 0.6) is 0 Å². The van der Waals surface area contributed by atoms with Crippen molar-refractivity contribution in [1.29, 1.82) is 0 Å². The molecule has 2 heterocycles. The Labute approximate surface area is 71.3 Å². The van der Waals surface area contributed by atoms with Gasteiger partial charge in [0.2, 0.25) is 0 Å². The fourth-order valence-corrected chi connectivity index (χ4v) is 1.52. The Hall–Kier alpha value is -1.03. The topological polar surface area (TPSA) is 53.1 Å². The van der Waals surface area contributed by atoms with Crippen molar-refractivity contribution >= 4 is 5.69 Å². The smallest absolute Gasteiger partial charge is 0.0778 e. The van der Waals surface area contributed by atoms with Crippen LogP contribution in [0.3, 0.4) is 0 Å². The third-order valence-corrected chi connectivity index (χ3v) is 2.33. The van der Waals surface area contributed by atoms with Gasteiger partial charge in [-0.1, -0.05) is 0 Å². The van der Waals surface area contributed by atoms with Crippen LogP contribution in [0.4, 0.5) is 5.69 Å². The van der Waals surface area contributed by atoms with E-state index in [2.05, 4.69) is 5.10 Å². The minimum Gasteiger partial charge on any atom is -0.396 e. The fourth-order valence-electron chi connectivity index (χ4n) is 1.52. The van der Waals surface area contributed by atoms with Crippen LogP contribution < -0.4 is 5.73 Å². The molecule has 1 aliphatic rings. The quantitative estimate of drug-likeness (QED) is 0.671. The molecule has 1 fully saturated rings. The Morgan fingerprint density at radius 3 is 3.08 bits per heavy atom. The molecule has 0 radical (unpaired) electrons. The Kier molecular flexibility index (Phi) is 1.77. The van der Waals surface area contributed by atoms with Gasteiger partial charge in [0.05, 0.1) is 30.2 Å². The number of anilines is 1. The number of hydrogen-bond donors (Lipinski definition) is 1. The molecule has 12 heavy (non-hydrogen) atoms. The number of nitrogens with zero attached hydrogens (tertiary/aromatic N) is 2. The number of nitrogens with two attached hydrogens (primary N) is 1. The molecule has 2 N–H and O–H groups in total. The molecule has 1 saturated heterocycles. The third-order valence-electron chi connectivity index (χ3n) is 2.33. The van der Waals surface area contributed by atoms with Crippen molar-refractivity contribution in [3.8, 4) is 0 Å². The van der Waals surface area contributed by atoms with Gasteiger partial charge in [0.1, 0.15) is 0 Å². The van der Waals surface area contributed by atoms with Crippen molar-refractivity contribution in [2.75, 3.05) is 18.9 Å². The van der Waals surface area contributed by atoms with Crippen LogP contribution in [-0.4, -0.2) is 23.0 Å². The van der Waals surface area contributed by atoms with E-state index in [1.54, 1.807) is 6.20 Å². The maximum Gasteiger partial charge on any atom is 0.0778 e. The zero-order valence-corrected chi connectivity index (χ0v) is 7.16. The normalized spacial score (nSPS) is 23.2. The molecule has 0 bridgehead atoms. The van der Waals surface area contributed by atoms with Gasteiger partial charge in [-0.15, -0.1) is 0 Å². The lowest BCUT2D eigenvalue weighted by Crippen LogP contribution is -2.11. The molecule has 4 nitrogen and oxygen atoms in total. The van der Waals surface area contributed by atoms with Gasteiger partial charge in [0.15, 0.2) is 0 Å². The first-order valence-corrected chi connectivity index (χ1v) is 4.16. The van der Waals surface area contributed by atoms with Gasteiger partial charge < -0.3 is 10.5 Å². The molecule has 4 heteroatoms. The van der Waals surface area contributed by atoms with Crippen LogP contribution in [-0.2, 0) is 4.74 Å². The molecule has 1 atom stereocenters. The minimum atomic E-state index is 0.391. The van der Waals surface area contributed by atoms with Gasteiger partial charge in [-0.2, -0.15) is 5.10 Å². The van der Waals surface area contributed by atoms with Crippen molar-refractivity contribution in [3.05, 3.63) is 11.9 Å². The van der Waals surface area contributed by atoms with Crippen molar-refractivity contribution < 1.29 is 4.74 Å². The second-order valence-corrected chi connectivity index (χ2v) is 3.15. The summed E-state index contributed by atoms with van der Waals surface area (Å²) in [6, 6.07) is 0.391. The average Bonchev–Trinajstić information content (AvgIpc) is 2.64. The molecule has 1 aromatic rings. The standard InChI is InChI=1S/C8H13N3O/c1-6-8(9)4-10-11(6)7-2-3-12-5-7/h4,7H,2-3,5,9H2,1H3. The van der Waals surface area contributed by atoms with E-state index in [0.29, 0.717) is 6.04 Å². The van der Waals surface area contributed by atoms with E-state index in [4.69, 9.17) is 10.5 Å².